The predicted octanol–water partition coefficient (Wildman–Crippen LogP) is 1.95. The van der Waals surface area contributed by atoms with Gasteiger partial charge in [0.2, 0.25) is 5.91 Å². The van der Waals surface area contributed by atoms with Gasteiger partial charge >= 0.3 is 0 Å². The van der Waals surface area contributed by atoms with Crippen LogP contribution in [0.1, 0.15) is 37.7 Å². The van der Waals surface area contributed by atoms with Crippen LogP contribution in [0.3, 0.4) is 0 Å². The van der Waals surface area contributed by atoms with Crippen molar-refractivity contribution in [3.63, 3.8) is 0 Å². The van der Waals surface area contributed by atoms with Crippen LogP contribution in [-0.4, -0.2) is 49.1 Å². The molecule has 1 amide bonds. The molecule has 2 saturated heterocycles. The van der Waals surface area contributed by atoms with E-state index in [0.29, 0.717) is 18.5 Å². The molecule has 2 aliphatic heterocycles. The summed E-state index contributed by atoms with van der Waals surface area (Å²) in [5.41, 5.74) is 1.41. The van der Waals surface area contributed by atoms with Crippen LogP contribution >= 0.6 is 0 Å². The van der Waals surface area contributed by atoms with Gasteiger partial charge in [-0.2, -0.15) is 0 Å². The molecule has 3 rings (SSSR count). The Morgan fingerprint density at radius 1 is 1.17 bits per heavy atom. The molecule has 4 nitrogen and oxygen atoms in total. The Hall–Kier alpha value is -1.39. The Morgan fingerprint density at radius 3 is 2.65 bits per heavy atom. The molecule has 2 aliphatic rings. The van der Waals surface area contributed by atoms with Crippen molar-refractivity contribution in [1.82, 2.24) is 15.5 Å². The molecule has 1 atom stereocenters. The Labute approximate surface area is 139 Å². The first-order valence-electron chi connectivity index (χ1n) is 9.08. The molecule has 0 radical (unpaired) electrons. The van der Waals surface area contributed by atoms with E-state index >= 15 is 0 Å². The third kappa shape index (κ3) is 5.33. The number of likely N-dealkylation sites (tertiary alicyclic amines) is 1. The zero-order chi connectivity index (χ0) is 15.9. The number of rotatable bonds is 6. The minimum atomic E-state index is 0.229. The molecule has 23 heavy (non-hydrogen) atoms. The number of nitrogens with zero attached hydrogens (tertiary/aromatic N) is 1. The van der Waals surface area contributed by atoms with Gasteiger partial charge in [0.25, 0.3) is 0 Å². The van der Waals surface area contributed by atoms with Gasteiger partial charge in [0, 0.05) is 38.1 Å². The topological polar surface area (TPSA) is 44.4 Å². The largest absolute Gasteiger partial charge is 0.353 e. The van der Waals surface area contributed by atoms with Crippen LogP contribution in [0.4, 0.5) is 0 Å². The van der Waals surface area contributed by atoms with Crippen molar-refractivity contribution in [3.05, 3.63) is 35.9 Å². The average Bonchev–Trinajstić information content (AvgIpc) is 3.08. The fraction of sp³-hybridized carbons (Fsp3) is 0.632. The van der Waals surface area contributed by atoms with Crippen molar-refractivity contribution < 1.29 is 4.79 Å². The molecule has 0 spiro atoms. The first-order chi connectivity index (χ1) is 11.3. The SMILES string of the molecule is O=C(CC1CCCN1)NC1CCN(CCc2ccccc2)CC1. The maximum Gasteiger partial charge on any atom is 0.221 e. The maximum absolute atomic E-state index is 12.1. The average molecular weight is 315 g/mol. The zero-order valence-electron chi connectivity index (χ0n) is 14.0. The van der Waals surface area contributed by atoms with E-state index in [0.717, 1.165) is 51.9 Å². The molecule has 0 bridgehead atoms. The summed E-state index contributed by atoms with van der Waals surface area (Å²) in [5, 5.41) is 6.63. The van der Waals surface area contributed by atoms with Crippen molar-refractivity contribution in [2.45, 2.75) is 50.6 Å². The Balaban J connectivity index is 1.32. The second kappa shape index (κ2) is 8.46. The number of carbonyl (C=O) groups is 1. The fourth-order valence-corrected chi connectivity index (χ4v) is 3.67. The molecule has 2 heterocycles. The number of amides is 1. The minimum absolute atomic E-state index is 0.229. The first kappa shape index (κ1) is 16.5. The minimum Gasteiger partial charge on any atom is -0.353 e. The van der Waals surface area contributed by atoms with Crippen molar-refractivity contribution in [2.24, 2.45) is 0 Å². The number of nitrogens with one attached hydrogen (secondary N) is 2. The third-order valence-corrected chi connectivity index (χ3v) is 5.11. The highest BCUT2D eigenvalue weighted by Gasteiger charge is 2.23. The number of carbonyl (C=O) groups excluding carboxylic acids is 1. The summed E-state index contributed by atoms with van der Waals surface area (Å²) in [6.45, 7) is 4.38. The van der Waals surface area contributed by atoms with Gasteiger partial charge < -0.3 is 15.5 Å². The molecule has 2 N–H and O–H groups in total. The number of piperidine rings is 1. The summed E-state index contributed by atoms with van der Waals surface area (Å²) in [7, 11) is 0. The van der Waals surface area contributed by atoms with E-state index in [9.17, 15) is 4.79 Å². The normalized spacial score (nSPS) is 23.0. The van der Waals surface area contributed by atoms with Gasteiger partial charge in [0.1, 0.15) is 0 Å². The quantitative estimate of drug-likeness (QED) is 0.843. The van der Waals surface area contributed by atoms with Crippen LogP contribution < -0.4 is 10.6 Å². The summed E-state index contributed by atoms with van der Waals surface area (Å²) >= 11 is 0. The van der Waals surface area contributed by atoms with Crippen molar-refractivity contribution in [2.75, 3.05) is 26.2 Å². The smallest absolute Gasteiger partial charge is 0.221 e. The lowest BCUT2D eigenvalue weighted by Crippen LogP contribution is -2.46. The highest BCUT2D eigenvalue weighted by atomic mass is 16.1. The molecule has 0 aromatic heterocycles. The molecule has 0 aliphatic carbocycles. The number of hydrogen-bond acceptors (Lipinski definition) is 3. The Kier molecular flexibility index (Phi) is 6.06. The van der Waals surface area contributed by atoms with Crippen LogP contribution in [0.15, 0.2) is 30.3 Å². The monoisotopic (exact) mass is 315 g/mol. The van der Waals surface area contributed by atoms with E-state index < -0.39 is 0 Å². The van der Waals surface area contributed by atoms with E-state index in [1.807, 2.05) is 0 Å². The standard InChI is InChI=1S/C19H29N3O/c23-19(15-18-7-4-11-20-18)21-17-9-13-22(14-10-17)12-8-16-5-2-1-3-6-16/h1-3,5-6,17-18,20H,4,7-15H2,(H,21,23). The van der Waals surface area contributed by atoms with Gasteiger partial charge in [-0.3, -0.25) is 4.79 Å². The lowest BCUT2D eigenvalue weighted by atomic mass is 10.0. The van der Waals surface area contributed by atoms with Crippen LogP contribution in [-0.2, 0) is 11.2 Å². The number of hydrogen-bond donors (Lipinski definition) is 2. The second-order valence-electron chi connectivity index (χ2n) is 6.92. The van der Waals surface area contributed by atoms with Gasteiger partial charge in [-0.1, -0.05) is 30.3 Å². The van der Waals surface area contributed by atoms with E-state index in [1.54, 1.807) is 0 Å². The van der Waals surface area contributed by atoms with E-state index in [2.05, 4.69) is 45.9 Å². The van der Waals surface area contributed by atoms with Crippen LogP contribution in [0.2, 0.25) is 0 Å². The molecule has 0 saturated carbocycles. The highest BCUT2D eigenvalue weighted by molar-refractivity contribution is 5.76. The summed E-state index contributed by atoms with van der Waals surface area (Å²) < 4.78 is 0. The lowest BCUT2D eigenvalue weighted by Gasteiger charge is -2.32. The maximum atomic E-state index is 12.1. The van der Waals surface area contributed by atoms with Crippen molar-refractivity contribution in [1.29, 1.82) is 0 Å². The molecular weight excluding hydrogens is 286 g/mol. The molecule has 126 valence electrons. The molecule has 1 aromatic rings. The first-order valence-corrected chi connectivity index (χ1v) is 9.08. The Bertz CT molecular complexity index is 477. The molecule has 2 fully saturated rings. The van der Waals surface area contributed by atoms with E-state index in [1.165, 1.54) is 12.0 Å². The molecule has 1 aromatic carbocycles. The number of benzene rings is 1. The van der Waals surface area contributed by atoms with Crippen LogP contribution in [0, 0.1) is 0 Å². The third-order valence-electron chi connectivity index (χ3n) is 5.11. The molecule has 4 heteroatoms. The van der Waals surface area contributed by atoms with Gasteiger partial charge in [0.15, 0.2) is 0 Å². The van der Waals surface area contributed by atoms with Gasteiger partial charge in [-0.05, 0) is 44.2 Å². The fourth-order valence-electron chi connectivity index (χ4n) is 3.67. The van der Waals surface area contributed by atoms with Crippen LogP contribution in [0.25, 0.3) is 0 Å². The summed E-state index contributed by atoms with van der Waals surface area (Å²) in [6, 6.07) is 11.5. The highest BCUT2D eigenvalue weighted by Crippen LogP contribution is 2.13. The molecule has 1 unspecified atom stereocenters. The predicted molar refractivity (Wildman–Crippen MR) is 93.4 cm³/mol. The lowest BCUT2D eigenvalue weighted by molar-refractivity contribution is -0.122. The summed E-state index contributed by atoms with van der Waals surface area (Å²) in [6.07, 6.45) is 6.28. The van der Waals surface area contributed by atoms with E-state index in [-0.39, 0.29) is 5.91 Å². The van der Waals surface area contributed by atoms with Gasteiger partial charge in [-0.15, -0.1) is 0 Å². The van der Waals surface area contributed by atoms with Gasteiger partial charge in [-0.25, -0.2) is 0 Å². The van der Waals surface area contributed by atoms with Crippen LogP contribution in [0.5, 0.6) is 0 Å². The molecular formula is C19H29N3O. The summed E-state index contributed by atoms with van der Waals surface area (Å²) in [4.78, 5) is 14.6. The second-order valence-corrected chi connectivity index (χ2v) is 6.92. The zero-order valence-corrected chi connectivity index (χ0v) is 14.0. The summed E-state index contributed by atoms with van der Waals surface area (Å²) in [5.74, 6) is 0.229. The van der Waals surface area contributed by atoms with Crippen molar-refractivity contribution >= 4 is 5.91 Å². The Morgan fingerprint density at radius 2 is 1.96 bits per heavy atom. The van der Waals surface area contributed by atoms with Gasteiger partial charge in [0.05, 0.1) is 0 Å². The van der Waals surface area contributed by atoms with Crippen molar-refractivity contribution in [3.8, 4) is 0 Å². The van der Waals surface area contributed by atoms with E-state index in [4.69, 9.17) is 0 Å².